The van der Waals surface area contributed by atoms with Gasteiger partial charge in [-0.15, -0.1) is 0 Å². The number of fused-ring (bicyclic) bond motifs is 4. The Morgan fingerprint density at radius 3 is 1.01 bits per heavy atom. The Morgan fingerprint density at radius 1 is 0.205 bits per heavy atom. The van der Waals surface area contributed by atoms with Crippen LogP contribution in [0.1, 0.15) is 0 Å². The molecule has 0 unspecified atom stereocenters. The van der Waals surface area contributed by atoms with Crippen molar-refractivity contribution < 1.29 is 0 Å². The predicted octanol–water partition coefficient (Wildman–Crippen LogP) is 21.1. The van der Waals surface area contributed by atoms with Gasteiger partial charge in [-0.05, 0) is 174 Å². The highest BCUT2D eigenvalue weighted by molar-refractivity contribution is 6.09. The van der Waals surface area contributed by atoms with E-state index in [1.54, 1.807) is 0 Å². The van der Waals surface area contributed by atoms with E-state index < -0.39 is 0 Å². The smallest absolute Gasteiger partial charge is 0.0541 e. The van der Waals surface area contributed by atoms with Crippen molar-refractivity contribution in [2.24, 2.45) is 0 Å². The predicted molar refractivity (Wildman–Crippen MR) is 331 cm³/mol. The lowest BCUT2D eigenvalue weighted by atomic mass is 9.95. The number of rotatable bonds is 11. The molecule has 0 aliphatic carbocycles. The fourth-order valence-electron chi connectivity index (χ4n) is 11.5. The van der Waals surface area contributed by atoms with Crippen LogP contribution in [-0.2, 0) is 0 Å². The number of aromatic nitrogens is 1. The molecule has 366 valence electrons. The third kappa shape index (κ3) is 8.81. The van der Waals surface area contributed by atoms with E-state index in [1.807, 2.05) is 0 Å². The zero-order valence-electron chi connectivity index (χ0n) is 42.9. The van der Waals surface area contributed by atoms with Gasteiger partial charge in [-0.1, -0.05) is 231 Å². The van der Waals surface area contributed by atoms with Gasteiger partial charge in [0.15, 0.2) is 0 Å². The quantitative estimate of drug-likeness (QED) is 0.125. The number of benzene rings is 13. The lowest BCUT2D eigenvalue weighted by molar-refractivity contribution is 1.18. The summed E-state index contributed by atoms with van der Waals surface area (Å²) in [5.74, 6) is 0. The lowest BCUT2D eigenvalue weighted by Crippen LogP contribution is -2.09. The van der Waals surface area contributed by atoms with Crippen LogP contribution in [0.2, 0.25) is 0 Å². The van der Waals surface area contributed by atoms with E-state index in [0.717, 1.165) is 33.9 Å². The van der Waals surface area contributed by atoms with Crippen LogP contribution in [0.4, 0.5) is 17.1 Å². The van der Waals surface area contributed by atoms with Crippen molar-refractivity contribution in [2.75, 3.05) is 4.90 Å². The van der Waals surface area contributed by atoms with Crippen LogP contribution < -0.4 is 4.90 Å². The molecule has 2 heteroatoms. The minimum absolute atomic E-state index is 1.08. The van der Waals surface area contributed by atoms with E-state index in [9.17, 15) is 0 Å². The molecular weight excluding hydrogens is 941 g/mol. The van der Waals surface area contributed by atoms with Crippen molar-refractivity contribution in [3.63, 3.8) is 0 Å². The van der Waals surface area contributed by atoms with Gasteiger partial charge in [0.2, 0.25) is 0 Å². The zero-order valence-corrected chi connectivity index (χ0v) is 42.9. The summed E-state index contributed by atoms with van der Waals surface area (Å²) in [6.07, 6.45) is 0. The van der Waals surface area contributed by atoms with Crippen LogP contribution in [-0.4, -0.2) is 4.57 Å². The average Bonchev–Trinajstić information content (AvgIpc) is 3.96. The summed E-state index contributed by atoms with van der Waals surface area (Å²) in [4.78, 5) is 2.37. The highest BCUT2D eigenvalue weighted by atomic mass is 15.1. The molecule has 1 aromatic heterocycles. The van der Waals surface area contributed by atoms with Gasteiger partial charge in [-0.3, -0.25) is 0 Å². The molecule has 0 aliphatic rings. The second-order valence-electron chi connectivity index (χ2n) is 20.1. The van der Waals surface area contributed by atoms with Crippen molar-refractivity contribution in [1.82, 2.24) is 4.57 Å². The lowest BCUT2D eigenvalue weighted by Gasteiger charge is -2.26. The standard InChI is InChI=1S/C76H52N2/c1-2-16-53(17-3-1)58-20-10-24-62(48-58)63-25-11-21-59(49-63)54-36-42-67(43-37-54)77(69-46-40-56(41-47-69)61-23-13-28-66(51-61)72-33-15-19-57-18-4-5-30-71(57)72)68-44-38-55(39-45-68)60-22-12-26-64(50-60)65-27-14-29-70(52-65)78-75-34-8-6-31-73(75)74-32-7-9-35-76(74)78/h1-52H. The number of hydrogen-bond acceptors (Lipinski definition) is 1. The molecule has 14 rings (SSSR count). The van der Waals surface area contributed by atoms with Crippen LogP contribution in [0.5, 0.6) is 0 Å². The van der Waals surface area contributed by atoms with E-state index in [-0.39, 0.29) is 0 Å². The molecule has 0 saturated carbocycles. The number of anilines is 3. The Balaban J connectivity index is 0.793. The molecule has 78 heavy (non-hydrogen) atoms. The van der Waals surface area contributed by atoms with Crippen LogP contribution in [0.3, 0.4) is 0 Å². The summed E-state index contributed by atoms with van der Waals surface area (Å²) < 4.78 is 2.39. The molecule has 0 spiro atoms. The second-order valence-corrected chi connectivity index (χ2v) is 20.1. The Bertz CT molecular complexity index is 4410. The van der Waals surface area contributed by atoms with E-state index in [0.29, 0.717) is 0 Å². The van der Waals surface area contributed by atoms with Gasteiger partial charge in [-0.2, -0.15) is 0 Å². The summed E-state index contributed by atoms with van der Waals surface area (Å²) in [5, 5.41) is 5.03. The molecule has 0 saturated heterocycles. The third-order valence-corrected chi connectivity index (χ3v) is 15.4. The molecule has 1 heterocycles. The molecule has 0 bridgehead atoms. The Hall–Kier alpha value is -10.3. The average molecular weight is 993 g/mol. The number of para-hydroxylation sites is 2. The first-order chi connectivity index (χ1) is 38.6. The normalized spacial score (nSPS) is 11.3. The molecule has 0 aliphatic heterocycles. The second kappa shape index (κ2) is 20.1. The fourth-order valence-corrected chi connectivity index (χ4v) is 11.5. The Labute approximate surface area is 455 Å². The monoisotopic (exact) mass is 992 g/mol. The maximum atomic E-state index is 2.39. The summed E-state index contributed by atoms with van der Waals surface area (Å²) >= 11 is 0. The van der Waals surface area contributed by atoms with Crippen LogP contribution in [0.15, 0.2) is 315 Å². The van der Waals surface area contributed by atoms with Crippen LogP contribution in [0, 0.1) is 0 Å². The summed E-state index contributed by atoms with van der Waals surface area (Å²) in [5.41, 5.74) is 23.4. The SMILES string of the molecule is c1ccc(-c2cccc(-c3cccc(-c4ccc(N(c5ccc(-c6cccc(-c7cccc(-n8c9ccccc9c9ccccc98)c7)c6)cc5)c5ccc(-c6cccc(-c7cccc8ccccc78)c6)cc5)cc4)c3)c2)cc1. The van der Waals surface area contributed by atoms with Gasteiger partial charge in [0.1, 0.15) is 0 Å². The zero-order chi connectivity index (χ0) is 51.8. The minimum atomic E-state index is 1.08. The van der Waals surface area contributed by atoms with E-state index in [4.69, 9.17) is 0 Å². The first kappa shape index (κ1) is 46.3. The van der Waals surface area contributed by atoms with Gasteiger partial charge in [0.25, 0.3) is 0 Å². The molecule has 0 fully saturated rings. The Morgan fingerprint density at radius 2 is 0.526 bits per heavy atom. The molecule has 0 radical (unpaired) electrons. The number of nitrogens with zero attached hydrogens (tertiary/aromatic N) is 2. The molecular formula is C76H52N2. The molecule has 0 N–H and O–H groups in total. The minimum Gasteiger partial charge on any atom is -0.311 e. The third-order valence-electron chi connectivity index (χ3n) is 15.4. The Kier molecular flexibility index (Phi) is 11.9. The summed E-state index contributed by atoms with van der Waals surface area (Å²) in [7, 11) is 0. The van der Waals surface area contributed by atoms with Gasteiger partial charge < -0.3 is 9.47 Å². The van der Waals surface area contributed by atoms with Crippen molar-refractivity contribution in [3.8, 4) is 83.6 Å². The van der Waals surface area contributed by atoms with Crippen molar-refractivity contribution in [3.05, 3.63) is 315 Å². The maximum Gasteiger partial charge on any atom is 0.0541 e. The van der Waals surface area contributed by atoms with Gasteiger partial charge >= 0.3 is 0 Å². The first-order valence-electron chi connectivity index (χ1n) is 26.8. The first-order valence-corrected chi connectivity index (χ1v) is 26.8. The summed E-state index contributed by atoms with van der Waals surface area (Å²) in [6.45, 7) is 0. The molecule has 13 aromatic carbocycles. The highest BCUT2D eigenvalue weighted by Gasteiger charge is 2.17. The van der Waals surface area contributed by atoms with Gasteiger partial charge in [0.05, 0.1) is 11.0 Å². The van der Waals surface area contributed by atoms with Crippen molar-refractivity contribution in [1.29, 1.82) is 0 Å². The van der Waals surface area contributed by atoms with E-state index >= 15 is 0 Å². The molecule has 0 atom stereocenters. The van der Waals surface area contributed by atoms with Crippen molar-refractivity contribution in [2.45, 2.75) is 0 Å². The maximum absolute atomic E-state index is 2.39. The van der Waals surface area contributed by atoms with Crippen LogP contribution >= 0.6 is 0 Å². The number of hydrogen-bond donors (Lipinski definition) is 0. The van der Waals surface area contributed by atoms with Crippen molar-refractivity contribution >= 4 is 49.6 Å². The topological polar surface area (TPSA) is 8.17 Å². The molecule has 14 aromatic rings. The summed E-state index contributed by atoms with van der Waals surface area (Å²) in [6, 6.07) is 115. The molecule has 0 amide bonds. The fraction of sp³-hybridized carbons (Fsp3) is 0. The van der Waals surface area contributed by atoms with E-state index in [1.165, 1.54) is 99.3 Å². The van der Waals surface area contributed by atoms with Crippen LogP contribution in [0.25, 0.3) is 116 Å². The van der Waals surface area contributed by atoms with E-state index in [2.05, 4.69) is 325 Å². The molecule has 2 nitrogen and oxygen atoms in total. The largest absolute Gasteiger partial charge is 0.311 e. The van der Waals surface area contributed by atoms with Gasteiger partial charge in [-0.25, -0.2) is 0 Å². The van der Waals surface area contributed by atoms with Gasteiger partial charge in [0, 0.05) is 33.5 Å². The highest BCUT2D eigenvalue weighted by Crippen LogP contribution is 2.41.